The van der Waals surface area contributed by atoms with E-state index in [4.69, 9.17) is 9.73 Å². The molecule has 1 heterocycles. The molecule has 0 radical (unpaired) electrons. The Balaban J connectivity index is 1.50. The van der Waals surface area contributed by atoms with Gasteiger partial charge in [-0.2, -0.15) is 5.10 Å². The molecule has 6 nitrogen and oxygen atoms in total. The van der Waals surface area contributed by atoms with Gasteiger partial charge in [-0.15, -0.1) is 0 Å². The number of guanidine groups is 1. The number of hydrogen-bond donors (Lipinski definition) is 3. The number of benzene rings is 1. The number of rotatable bonds is 10. The van der Waals surface area contributed by atoms with E-state index in [0.717, 1.165) is 61.4 Å². The van der Waals surface area contributed by atoms with Crippen molar-refractivity contribution >= 4 is 5.96 Å². The van der Waals surface area contributed by atoms with E-state index in [1.54, 1.807) is 0 Å². The van der Waals surface area contributed by atoms with Gasteiger partial charge in [-0.05, 0) is 57.1 Å². The number of para-hydroxylation sites is 1. The molecule has 0 bridgehead atoms. The average Bonchev–Trinajstić information content (AvgIpc) is 3.43. The Kier molecular flexibility index (Phi) is 7.13. The van der Waals surface area contributed by atoms with Crippen LogP contribution in [0, 0.1) is 12.8 Å². The quantitative estimate of drug-likeness (QED) is 0.342. The van der Waals surface area contributed by atoms with E-state index in [-0.39, 0.29) is 0 Å². The molecule has 1 aliphatic carbocycles. The molecule has 1 aliphatic rings. The number of aryl methyl sites for hydroxylation is 2. The van der Waals surface area contributed by atoms with Crippen molar-refractivity contribution in [1.29, 1.82) is 0 Å². The maximum absolute atomic E-state index is 5.99. The zero-order chi connectivity index (χ0) is 18.9. The molecule has 3 N–H and O–H groups in total. The van der Waals surface area contributed by atoms with Crippen molar-refractivity contribution in [2.75, 3.05) is 19.7 Å². The van der Waals surface area contributed by atoms with E-state index in [0.29, 0.717) is 6.54 Å². The summed E-state index contributed by atoms with van der Waals surface area (Å²) >= 11 is 0. The maximum Gasteiger partial charge on any atom is 0.191 e. The van der Waals surface area contributed by atoms with Gasteiger partial charge in [-0.25, -0.2) is 4.99 Å². The van der Waals surface area contributed by atoms with Gasteiger partial charge in [0, 0.05) is 24.3 Å². The van der Waals surface area contributed by atoms with Gasteiger partial charge in [0.2, 0.25) is 0 Å². The zero-order valence-corrected chi connectivity index (χ0v) is 16.4. The van der Waals surface area contributed by atoms with Gasteiger partial charge in [0.25, 0.3) is 0 Å². The van der Waals surface area contributed by atoms with Crippen molar-refractivity contribution in [3.05, 3.63) is 47.3 Å². The minimum Gasteiger partial charge on any atom is -0.493 e. The molecule has 1 saturated carbocycles. The monoisotopic (exact) mass is 369 g/mol. The van der Waals surface area contributed by atoms with E-state index in [9.17, 15) is 0 Å². The molecule has 2 aromatic rings. The second-order valence-electron chi connectivity index (χ2n) is 7.11. The first-order valence-electron chi connectivity index (χ1n) is 9.98. The molecule has 0 amide bonds. The van der Waals surface area contributed by atoms with Gasteiger partial charge in [-0.1, -0.05) is 18.2 Å². The van der Waals surface area contributed by atoms with Crippen LogP contribution in [0.5, 0.6) is 5.75 Å². The van der Waals surface area contributed by atoms with E-state index in [2.05, 4.69) is 40.7 Å². The minimum atomic E-state index is 0.608. The highest BCUT2D eigenvalue weighted by atomic mass is 16.5. The Bertz CT molecular complexity index is 736. The fourth-order valence-corrected chi connectivity index (χ4v) is 2.89. The normalized spacial score (nSPS) is 14.2. The Hall–Kier alpha value is -2.50. The molecular formula is C21H31N5O. The number of aromatic amines is 1. The van der Waals surface area contributed by atoms with Crippen LogP contribution in [-0.2, 0) is 13.0 Å². The molecule has 3 rings (SSSR count). The summed E-state index contributed by atoms with van der Waals surface area (Å²) in [6.45, 7) is 7.29. The lowest BCUT2D eigenvalue weighted by Crippen LogP contribution is -2.37. The number of hydrogen-bond acceptors (Lipinski definition) is 3. The first-order chi connectivity index (χ1) is 13.3. The Labute approximate surface area is 161 Å². The van der Waals surface area contributed by atoms with E-state index in [1.807, 2.05) is 24.4 Å². The fourth-order valence-electron chi connectivity index (χ4n) is 2.89. The molecule has 146 valence electrons. The van der Waals surface area contributed by atoms with Crippen LogP contribution in [0.4, 0.5) is 0 Å². The molecule has 6 heteroatoms. The molecule has 0 saturated heterocycles. The standard InChI is InChI=1S/C21H31N5O/c1-3-22-21(23-12-6-8-18-14-25-26-16(18)2)24-13-19-7-4-5-9-20(19)27-15-17-10-11-17/h4-5,7,9,14,17H,3,6,8,10-13,15H2,1-2H3,(H,25,26)(H2,22,23,24). The van der Waals surface area contributed by atoms with Crippen LogP contribution in [0.15, 0.2) is 35.5 Å². The third kappa shape index (κ3) is 6.31. The third-order valence-electron chi connectivity index (χ3n) is 4.75. The van der Waals surface area contributed by atoms with Gasteiger partial charge in [0.1, 0.15) is 5.75 Å². The predicted molar refractivity (Wildman–Crippen MR) is 109 cm³/mol. The average molecular weight is 370 g/mol. The number of aromatic nitrogens is 2. The molecule has 0 unspecified atom stereocenters. The van der Waals surface area contributed by atoms with Crippen LogP contribution in [0.1, 0.15) is 43.0 Å². The Morgan fingerprint density at radius 2 is 2.11 bits per heavy atom. The van der Waals surface area contributed by atoms with E-state index < -0.39 is 0 Å². The van der Waals surface area contributed by atoms with Gasteiger partial charge in [-0.3, -0.25) is 5.10 Å². The number of nitrogens with zero attached hydrogens (tertiary/aromatic N) is 2. The summed E-state index contributed by atoms with van der Waals surface area (Å²) in [6, 6.07) is 8.21. The third-order valence-corrected chi connectivity index (χ3v) is 4.75. The van der Waals surface area contributed by atoms with Gasteiger partial charge in [0.05, 0.1) is 19.3 Å². The van der Waals surface area contributed by atoms with Crippen LogP contribution in [0.25, 0.3) is 0 Å². The van der Waals surface area contributed by atoms with Crippen molar-refractivity contribution in [2.45, 2.75) is 46.1 Å². The summed E-state index contributed by atoms with van der Waals surface area (Å²) in [5.41, 5.74) is 3.56. The summed E-state index contributed by atoms with van der Waals surface area (Å²) in [7, 11) is 0. The van der Waals surface area contributed by atoms with Crippen molar-refractivity contribution in [3.63, 3.8) is 0 Å². The smallest absolute Gasteiger partial charge is 0.191 e. The Morgan fingerprint density at radius 3 is 2.85 bits per heavy atom. The van der Waals surface area contributed by atoms with Crippen LogP contribution in [0.3, 0.4) is 0 Å². The summed E-state index contributed by atoms with van der Waals surface area (Å²) < 4.78 is 5.99. The summed E-state index contributed by atoms with van der Waals surface area (Å²) in [4.78, 5) is 4.74. The predicted octanol–water partition coefficient (Wildman–Crippen LogP) is 3.19. The molecule has 0 atom stereocenters. The summed E-state index contributed by atoms with van der Waals surface area (Å²) in [6.07, 6.45) is 6.55. The second-order valence-corrected chi connectivity index (χ2v) is 7.11. The molecule has 0 aliphatic heterocycles. The van der Waals surface area contributed by atoms with Gasteiger partial charge in [0.15, 0.2) is 5.96 Å². The number of H-pyrrole nitrogens is 1. The second kappa shape index (κ2) is 10.00. The van der Waals surface area contributed by atoms with Gasteiger partial charge >= 0.3 is 0 Å². The van der Waals surface area contributed by atoms with Crippen molar-refractivity contribution in [2.24, 2.45) is 10.9 Å². The van der Waals surface area contributed by atoms with Crippen LogP contribution in [-0.4, -0.2) is 35.9 Å². The van der Waals surface area contributed by atoms with Crippen LogP contribution >= 0.6 is 0 Å². The summed E-state index contributed by atoms with van der Waals surface area (Å²) in [5.74, 6) is 2.55. The summed E-state index contributed by atoms with van der Waals surface area (Å²) in [5, 5.41) is 13.8. The van der Waals surface area contributed by atoms with E-state index in [1.165, 1.54) is 18.4 Å². The minimum absolute atomic E-state index is 0.608. The van der Waals surface area contributed by atoms with Gasteiger partial charge < -0.3 is 15.4 Å². The lowest BCUT2D eigenvalue weighted by atomic mass is 10.1. The SMILES string of the molecule is CCNC(=NCc1ccccc1OCC1CC1)NCCCc1cn[nH]c1C. The fraction of sp³-hybridized carbons (Fsp3) is 0.524. The number of ether oxygens (including phenoxy) is 1. The topological polar surface area (TPSA) is 74.3 Å². The molecule has 1 aromatic heterocycles. The lowest BCUT2D eigenvalue weighted by molar-refractivity contribution is 0.297. The first kappa shape index (κ1) is 19.3. The largest absolute Gasteiger partial charge is 0.493 e. The number of nitrogens with one attached hydrogen (secondary N) is 3. The highest BCUT2D eigenvalue weighted by Crippen LogP contribution is 2.30. The first-order valence-corrected chi connectivity index (χ1v) is 9.98. The lowest BCUT2D eigenvalue weighted by Gasteiger charge is -2.13. The molecule has 1 aromatic carbocycles. The Morgan fingerprint density at radius 1 is 1.26 bits per heavy atom. The highest BCUT2D eigenvalue weighted by Gasteiger charge is 2.22. The molecular weight excluding hydrogens is 338 g/mol. The maximum atomic E-state index is 5.99. The molecule has 0 spiro atoms. The van der Waals surface area contributed by atoms with Crippen LogP contribution in [0.2, 0.25) is 0 Å². The molecule has 1 fully saturated rings. The highest BCUT2D eigenvalue weighted by molar-refractivity contribution is 5.79. The van der Waals surface area contributed by atoms with Crippen molar-refractivity contribution in [1.82, 2.24) is 20.8 Å². The van der Waals surface area contributed by atoms with E-state index >= 15 is 0 Å². The van der Waals surface area contributed by atoms with Crippen molar-refractivity contribution < 1.29 is 4.74 Å². The zero-order valence-electron chi connectivity index (χ0n) is 16.4. The van der Waals surface area contributed by atoms with Crippen LogP contribution < -0.4 is 15.4 Å². The number of aliphatic imine (C=N–C) groups is 1. The molecule has 27 heavy (non-hydrogen) atoms. The van der Waals surface area contributed by atoms with Crippen molar-refractivity contribution in [3.8, 4) is 5.75 Å².